The molecule has 130 valence electrons. The molecule has 2 aliphatic rings. The van der Waals surface area contributed by atoms with Crippen molar-refractivity contribution in [2.75, 3.05) is 13.1 Å². The van der Waals surface area contributed by atoms with E-state index in [0.29, 0.717) is 25.9 Å². The summed E-state index contributed by atoms with van der Waals surface area (Å²) in [5.74, 6) is -1.27. The Balaban J connectivity index is 1.90. The molecule has 0 aromatic heterocycles. The lowest BCUT2D eigenvalue weighted by Gasteiger charge is -2.29. The lowest BCUT2D eigenvalue weighted by Crippen LogP contribution is -2.37. The number of nitrogens with zero attached hydrogens (tertiary/aromatic N) is 1. The summed E-state index contributed by atoms with van der Waals surface area (Å²) in [6, 6.07) is 5.04. The number of fused-ring (bicyclic) bond motifs is 1. The zero-order valence-electron chi connectivity index (χ0n) is 14.0. The van der Waals surface area contributed by atoms with E-state index in [1.165, 1.54) is 4.31 Å². The molecule has 6 heteroatoms. The Labute approximate surface area is 143 Å². The van der Waals surface area contributed by atoms with Gasteiger partial charge in [-0.15, -0.1) is 0 Å². The fourth-order valence-electron chi connectivity index (χ4n) is 3.46. The molecule has 0 bridgehead atoms. The van der Waals surface area contributed by atoms with Crippen LogP contribution >= 0.6 is 0 Å². The Morgan fingerprint density at radius 3 is 2.62 bits per heavy atom. The van der Waals surface area contributed by atoms with Crippen LogP contribution in [0, 0.1) is 11.3 Å². The molecule has 0 amide bonds. The van der Waals surface area contributed by atoms with Crippen LogP contribution in [0.4, 0.5) is 0 Å². The standard InChI is InChI=1S/C18H23NO4S/c1-18(2)7-3-4-8-19(12-18)24(22,23)16-6-5-13-9-15(17(20)21)10-14(13)11-16/h3-6,11,15H,7-10,12H2,1-2H3,(H,20,21). The van der Waals surface area contributed by atoms with E-state index in [-0.39, 0.29) is 10.3 Å². The molecular weight excluding hydrogens is 326 g/mol. The third-order valence-corrected chi connectivity index (χ3v) is 6.66. The molecule has 0 radical (unpaired) electrons. The molecule has 1 unspecified atom stereocenters. The average molecular weight is 349 g/mol. The summed E-state index contributed by atoms with van der Waals surface area (Å²) in [6.07, 6.45) is 5.67. The van der Waals surface area contributed by atoms with Crippen molar-refractivity contribution in [3.05, 3.63) is 41.5 Å². The molecule has 1 aliphatic carbocycles. The summed E-state index contributed by atoms with van der Waals surface area (Å²) in [5.41, 5.74) is 1.68. The SMILES string of the molecule is CC1(C)CC=CCN(S(=O)(=O)c2ccc3c(c2)CC(C(=O)O)C3)C1. The minimum atomic E-state index is -3.58. The van der Waals surface area contributed by atoms with Gasteiger partial charge in [0.25, 0.3) is 0 Å². The van der Waals surface area contributed by atoms with Gasteiger partial charge in [0.2, 0.25) is 10.0 Å². The van der Waals surface area contributed by atoms with Gasteiger partial charge in [-0.2, -0.15) is 4.31 Å². The number of benzene rings is 1. The van der Waals surface area contributed by atoms with Crippen molar-refractivity contribution in [3.8, 4) is 0 Å². The number of hydrogen-bond donors (Lipinski definition) is 1. The number of carbonyl (C=O) groups is 1. The van der Waals surface area contributed by atoms with Crippen LogP contribution in [0.1, 0.15) is 31.4 Å². The molecule has 1 N–H and O–H groups in total. The Morgan fingerprint density at radius 1 is 1.21 bits per heavy atom. The number of aliphatic carboxylic acids is 1. The maximum absolute atomic E-state index is 13.0. The number of sulfonamides is 1. The molecule has 0 saturated carbocycles. The zero-order valence-corrected chi connectivity index (χ0v) is 14.8. The highest BCUT2D eigenvalue weighted by atomic mass is 32.2. The quantitative estimate of drug-likeness (QED) is 0.851. The van der Waals surface area contributed by atoms with Crippen LogP contribution in [0.3, 0.4) is 0 Å². The molecule has 1 aromatic carbocycles. The van der Waals surface area contributed by atoms with Gasteiger partial charge in [0.05, 0.1) is 10.8 Å². The molecule has 3 rings (SSSR count). The minimum absolute atomic E-state index is 0.106. The highest BCUT2D eigenvalue weighted by molar-refractivity contribution is 7.89. The first-order chi connectivity index (χ1) is 11.2. The lowest BCUT2D eigenvalue weighted by atomic mass is 9.90. The molecular formula is C18H23NO4S. The predicted octanol–water partition coefficient (Wildman–Crippen LogP) is 2.46. The maximum Gasteiger partial charge on any atom is 0.307 e. The number of carboxylic acids is 1. The second kappa shape index (κ2) is 6.01. The fourth-order valence-corrected chi connectivity index (χ4v) is 5.09. The summed E-state index contributed by atoms with van der Waals surface area (Å²) in [6.45, 7) is 4.97. The molecule has 1 aromatic rings. The van der Waals surface area contributed by atoms with Crippen molar-refractivity contribution >= 4 is 16.0 Å². The van der Waals surface area contributed by atoms with Crippen LogP contribution in [0.15, 0.2) is 35.2 Å². The van der Waals surface area contributed by atoms with Gasteiger partial charge < -0.3 is 5.11 Å². The third kappa shape index (κ3) is 3.26. The van der Waals surface area contributed by atoms with Gasteiger partial charge in [-0.1, -0.05) is 32.1 Å². The average Bonchev–Trinajstić information content (AvgIpc) is 2.84. The Hall–Kier alpha value is -1.66. The van der Waals surface area contributed by atoms with Gasteiger partial charge in [0.1, 0.15) is 0 Å². The smallest absolute Gasteiger partial charge is 0.307 e. The first-order valence-electron chi connectivity index (χ1n) is 8.19. The van der Waals surface area contributed by atoms with Crippen molar-refractivity contribution in [2.24, 2.45) is 11.3 Å². The normalized spacial score (nSPS) is 23.7. The summed E-state index contributed by atoms with van der Waals surface area (Å²) in [7, 11) is -3.58. The second-order valence-electron chi connectivity index (χ2n) is 7.51. The van der Waals surface area contributed by atoms with E-state index >= 15 is 0 Å². The summed E-state index contributed by atoms with van der Waals surface area (Å²) in [4.78, 5) is 11.4. The maximum atomic E-state index is 13.0. The van der Waals surface area contributed by atoms with Crippen molar-refractivity contribution in [1.82, 2.24) is 4.31 Å². The van der Waals surface area contributed by atoms with Crippen LogP contribution in [0.2, 0.25) is 0 Å². The number of hydrogen-bond acceptors (Lipinski definition) is 3. The van der Waals surface area contributed by atoms with Gasteiger partial charge in [-0.25, -0.2) is 8.42 Å². The molecule has 0 spiro atoms. The topological polar surface area (TPSA) is 74.7 Å². The van der Waals surface area contributed by atoms with Crippen molar-refractivity contribution in [1.29, 1.82) is 0 Å². The monoisotopic (exact) mass is 349 g/mol. The molecule has 0 fully saturated rings. The van der Waals surface area contributed by atoms with Crippen LogP contribution in [-0.2, 0) is 27.7 Å². The Kier molecular flexibility index (Phi) is 4.30. The number of rotatable bonds is 3. The second-order valence-corrected chi connectivity index (χ2v) is 9.45. The largest absolute Gasteiger partial charge is 0.481 e. The molecule has 1 heterocycles. The predicted molar refractivity (Wildman–Crippen MR) is 91.3 cm³/mol. The minimum Gasteiger partial charge on any atom is -0.481 e. The first kappa shape index (κ1) is 17.2. The van der Waals surface area contributed by atoms with E-state index in [1.807, 2.05) is 12.2 Å². The summed E-state index contributed by atoms with van der Waals surface area (Å²) < 4.78 is 27.6. The molecule has 24 heavy (non-hydrogen) atoms. The van der Waals surface area contributed by atoms with E-state index in [0.717, 1.165) is 17.5 Å². The van der Waals surface area contributed by atoms with Gasteiger partial charge in [0.15, 0.2) is 0 Å². The Morgan fingerprint density at radius 2 is 1.92 bits per heavy atom. The summed E-state index contributed by atoms with van der Waals surface area (Å²) >= 11 is 0. The van der Waals surface area contributed by atoms with E-state index in [4.69, 9.17) is 0 Å². The van der Waals surface area contributed by atoms with E-state index in [1.54, 1.807) is 18.2 Å². The van der Waals surface area contributed by atoms with Crippen LogP contribution in [0.25, 0.3) is 0 Å². The van der Waals surface area contributed by atoms with Gasteiger partial charge in [-0.05, 0) is 47.9 Å². The third-order valence-electron chi connectivity index (χ3n) is 4.85. The molecule has 1 atom stereocenters. The fraction of sp³-hybridized carbons (Fsp3) is 0.500. The molecule has 5 nitrogen and oxygen atoms in total. The van der Waals surface area contributed by atoms with Crippen LogP contribution in [-0.4, -0.2) is 36.9 Å². The van der Waals surface area contributed by atoms with Crippen LogP contribution < -0.4 is 0 Å². The highest BCUT2D eigenvalue weighted by Crippen LogP contribution is 2.32. The lowest BCUT2D eigenvalue weighted by molar-refractivity contribution is -0.141. The van der Waals surface area contributed by atoms with Gasteiger partial charge in [0, 0.05) is 13.1 Å². The van der Waals surface area contributed by atoms with E-state index < -0.39 is 21.9 Å². The van der Waals surface area contributed by atoms with E-state index in [2.05, 4.69) is 13.8 Å². The first-order valence-corrected chi connectivity index (χ1v) is 9.63. The zero-order chi connectivity index (χ0) is 17.5. The molecule has 1 aliphatic heterocycles. The summed E-state index contributed by atoms with van der Waals surface area (Å²) in [5, 5.41) is 9.17. The van der Waals surface area contributed by atoms with Crippen molar-refractivity contribution < 1.29 is 18.3 Å². The molecule has 0 saturated heterocycles. The number of allylic oxidation sites excluding steroid dienone is 1. The van der Waals surface area contributed by atoms with Crippen molar-refractivity contribution in [3.63, 3.8) is 0 Å². The van der Waals surface area contributed by atoms with Gasteiger partial charge >= 0.3 is 5.97 Å². The Bertz CT molecular complexity index is 795. The van der Waals surface area contributed by atoms with Gasteiger partial charge in [-0.3, -0.25) is 4.79 Å². The van der Waals surface area contributed by atoms with E-state index in [9.17, 15) is 18.3 Å². The highest BCUT2D eigenvalue weighted by Gasteiger charge is 2.33. The van der Waals surface area contributed by atoms with Crippen LogP contribution in [0.5, 0.6) is 0 Å². The number of carboxylic acid groups (broad SMARTS) is 1. The van der Waals surface area contributed by atoms with Crippen molar-refractivity contribution in [2.45, 2.75) is 38.0 Å².